The standard InChI is InChI=1S/C33H42F2N4O4Si/c1-23-17-25-19-33(3,37-39(25)29(18-23)43-21-26-27(34)13-10-14-28(26)35)30(40)36-22-32(2,15-16-44(4,5)6)38(31(41)42)20-24-11-8-7-9-12-24/h7-14,17-19,37H,15-16,20-22H2,1-6H3,(H,36,40)(H,41,42). The molecule has 2 aliphatic rings. The van der Waals surface area contributed by atoms with E-state index in [1.165, 1.54) is 23.1 Å². The Bertz CT molecular complexity index is 1470. The molecule has 0 saturated heterocycles. The van der Waals surface area contributed by atoms with Crippen molar-refractivity contribution in [2.75, 3.05) is 6.54 Å². The van der Waals surface area contributed by atoms with Gasteiger partial charge in [0, 0.05) is 27.2 Å². The number of carbonyl (C=O) groups is 2. The van der Waals surface area contributed by atoms with Gasteiger partial charge in [-0.3, -0.25) is 9.69 Å². The zero-order chi connectivity index (χ0) is 32.3. The molecular formula is C33H42F2N4O4Si. The summed E-state index contributed by atoms with van der Waals surface area (Å²) >= 11 is 0. The van der Waals surface area contributed by atoms with Gasteiger partial charge in [-0.1, -0.05) is 62.1 Å². The van der Waals surface area contributed by atoms with Crippen LogP contribution < -0.4 is 10.7 Å². The molecule has 3 N–H and O–H groups in total. The zero-order valence-corrected chi connectivity index (χ0v) is 27.2. The Morgan fingerprint density at radius 3 is 2.36 bits per heavy atom. The fraction of sp³-hybridized carbons (Fsp3) is 0.394. The molecule has 0 aliphatic carbocycles. The normalized spacial score (nSPS) is 19.3. The van der Waals surface area contributed by atoms with Crippen LogP contribution in [0.5, 0.6) is 0 Å². The van der Waals surface area contributed by atoms with Crippen LogP contribution in [0.4, 0.5) is 13.6 Å². The van der Waals surface area contributed by atoms with Crippen molar-refractivity contribution in [2.24, 2.45) is 0 Å². The molecule has 2 amide bonds. The molecule has 2 aliphatic heterocycles. The Kier molecular flexibility index (Phi) is 9.70. The Morgan fingerprint density at radius 2 is 1.75 bits per heavy atom. The molecule has 0 bridgehead atoms. The van der Waals surface area contributed by atoms with Gasteiger partial charge in [-0.15, -0.1) is 0 Å². The quantitative estimate of drug-likeness (QED) is 0.233. The maximum absolute atomic E-state index is 14.2. The number of hydrogen-bond donors (Lipinski definition) is 3. The van der Waals surface area contributed by atoms with Crippen LogP contribution in [0, 0.1) is 11.6 Å². The third-order valence-electron chi connectivity index (χ3n) is 7.99. The van der Waals surface area contributed by atoms with Gasteiger partial charge in [0.15, 0.2) is 0 Å². The number of nitrogens with one attached hydrogen (secondary N) is 2. The molecule has 236 valence electrons. The van der Waals surface area contributed by atoms with E-state index < -0.39 is 36.9 Å². The average Bonchev–Trinajstić information content (AvgIpc) is 3.30. The number of carboxylic acid groups (broad SMARTS) is 1. The monoisotopic (exact) mass is 624 g/mol. The first-order chi connectivity index (χ1) is 20.6. The molecule has 0 aromatic heterocycles. The van der Waals surface area contributed by atoms with Crippen LogP contribution >= 0.6 is 0 Å². The summed E-state index contributed by atoms with van der Waals surface area (Å²) in [6, 6.07) is 13.9. The minimum absolute atomic E-state index is 0.108. The minimum atomic E-state index is -1.55. The lowest BCUT2D eigenvalue weighted by atomic mass is 9.94. The third-order valence-corrected chi connectivity index (χ3v) is 9.74. The highest BCUT2D eigenvalue weighted by Gasteiger charge is 2.43. The first kappa shape index (κ1) is 32.9. The molecule has 11 heteroatoms. The summed E-state index contributed by atoms with van der Waals surface area (Å²) < 4.78 is 34.3. The van der Waals surface area contributed by atoms with E-state index >= 15 is 0 Å². The van der Waals surface area contributed by atoms with Gasteiger partial charge in [0.25, 0.3) is 0 Å². The SMILES string of the molecule is CC1=CC2=CC(C)(C(=O)NCC(C)(CC[Si](C)(C)C)N(Cc3ccccc3)C(=O)O)NN2C(OCc2c(F)cccc2F)=C1. The maximum atomic E-state index is 14.2. The highest BCUT2D eigenvalue weighted by Crippen LogP contribution is 2.33. The predicted octanol–water partition coefficient (Wildman–Crippen LogP) is 6.53. The van der Waals surface area contributed by atoms with Crippen LogP contribution in [0.15, 0.2) is 83.9 Å². The first-order valence-corrected chi connectivity index (χ1v) is 18.4. The van der Waals surface area contributed by atoms with E-state index in [4.69, 9.17) is 4.74 Å². The van der Waals surface area contributed by atoms with Gasteiger partial charge in [-0.2, -0.15) is 0 Å². The molecule has 8 nitrogen and oxygen atoms in total. The zero-order valence-electron chi connectivity index (χ0n) is 26.2. The van der Waals surface area contributed by atoms with Crippen molar-refractivity contribution >= 4 is 20.1 Å². The number of hydrogen-bond acceptors (Lipinski definition) is 5. The second kappa shape index (κ2) is 13.0. The molecule has 0 spiro atoms. The minimum Gasteiger partial charge on any atom is -0.473 e. The van der Waals surface area contributed by atoms with E-state index in [1.807, 2.05) is 50.3 Å². The maximum Gasteiger partial charge on any atom is 0.408 e. The lowest BCUT2D eigenvalue weighted by Crippen LogP contribution is -2.60. The van der Waals surface area contributed by atoms with E-state index in [2.05, 4.69) is 30.4 Å². The van der Waals surface area contributed by atoms with Crippen molar-refractivity contribution < 1.29 is 28.2 Å². The molecule has 2 aromatic rings. The van der Waals surface area contributed by atoms with E-state index in [-0.39, 0.29) is 37.1 Å². The Hall–Kier alpha value is -3.96. The van der Waals surface area contributed by atoms with Crippen LogP contribution in [-0.2, 0) is 22.7 Å². The largest absolute Gasteiger partial charge is 0.473 e. The van der Waals surface area contributed by atoms with Crippen molar-refractivity contribution in [2.45, 2.75) is 77.1 Å². The van der Waals surface area contributed by atoms with Gasteiger partial charge in [0.05, 0.1) is 16.8 Å². The average molecular weight is 625 g/mol. The Labute approximate surface area is 259 Å². The van der Waals surface area contributed by atoms with Crippen molar-refractivity contribution in [3.8, 4) is 0 Å². The second-order valence-electron chi connectivity index (χ2n) is 13.2. The van der Waals surface area contributed by atoms with Gasteiger partial charge in [0.1, 0.15) is 23.8 Å². The van der Waals surface area contributed by atoms with E-state index in [9.17, 15) is 23.5 Å². The first-order valence-electron chi connectivity index (χ1n) is 14.7. The molecule has 2 aromatic carbocycles. The van der Waals surface area contributed by atoms with E-state index in [0.29, 0.717) is 12.1 Å². The van der Waals surface area contributed by atoms with E-state index in [1.54, 1.807) is 24.1 Å². The summed E-state index contributed by atoms with van der Waals surface area (Å²) in [5.74, 6) is -1.48. The number of carbonyl (C=O) groups excluding carboxylic acids is 1. The van der Waals surface area contributed by atoms with Crippen molar-refractivity contribution in [1.82, 2.24) is 20.7 Å². The van der Waals surface area contributed by atoms with Gasteiger partial charge < -0.3 is 15.2 Å². The lowest BCUT2D eigenvalue weighted by molar-refractivity contribution is -0.127. The summed E-state index contributed by atoms with van der Waals surface area (Å²) in [5.41, 5.74) is 3.23. The Morgan fingerprint density at radius 1 is 1.09 bits per heavy atom. The molecule has 0 saturated carbocycles. The third kappa shape index (κ3) is 7.75. The molecular weight excluding hydrogens is 582 g/mol. The molecule has 44 heavy (non-hydrogen) atoms. The highest BCUT2D eigenvalue weighted by molar-refractivity contribution is 6.76. The number of benzene rings is 2. The predicted molar refractivity (Wildman–Crippen MR) is 169 cm³/mol. The Balaban J connectivity index is 1.51. The van der Waals surface area contributed by atoms with Crippen LogP contribution in [-0.4, -0.2) is 52.7 Å². The summed E-state index contributed by atoms with van der Waals surface area (Å²) in [6.07, 6.45) is 4.88. The fourth-order valence-electron chi connectivity index (χ4n) is 5.22. The number of ether oxygens (including phenoxy) is 1. The van der Waals surface area contributed by atoms with Crippen molar-refractivity contribution in [3.63, 3.8) is 0 Å². The van der Waals surface area contributed by atoms with Gasteiger partial charge in [-0.05, 0) is 62.6 Å². The van der Waals surface area contributed by atoms with Gasteiger partial charge in [-0.25, -0.2) is 24.0 Å². The molecule has 0 fully saturated rings. The van der Waals surface area contributed by atoms with Crippen molar-refractivity contribution in [3.05, 3.63) is 107 Å². The smallest absolute Gasteiger partial charge is 0.408 e. The number of fused-ring (bicyclic) bond motifs is 1. The van der Waals surface area contributed by atoms with Crippen LogP contribution in [0.1, 0.15) is 38.3 Å². The number of halogens is 2. The van der Waals surface area contributed by atoms with Crippen LogP contribution in [0.2, 0.25) is 25.7 Å². The number of hydrazine groups is 1. The second-order valence-corrected chi connectivity index (χ2v) is 18.8. The lowest BCUT2D eigenvalue weighted by Gasteiger charge is -2.42. The van der Waals surface area contributed by atoms with Gasteiger partial charge >= 0.3 is 6.09 Å². The fourth-order valence-corrected chi connectivity index (χ4v) is 6.51. The molecule has 0 radical (unpaired) electrons. The summed E-state index contributed by atoms with van der Waals surface area (Å²) in [7, 11) is -1.55. The number of amides is 2. The molecule has 2 unspecified atom stereocenters. The number of rotatable bonds is 12. The van der Waals surface area contributed by atoms with Crippen molar-refractivity contribution in [1.29, 1.82) is 0 Å². The molecule has 4 rings (SSSR count). The summed E-state index contributed by atoms with van der Waals surface area (Å²) in [4.78, 5) is 27.8. The molecule has 2 atom stereocenters. The van der Waals surface area contributed by atoms with Gasteiger partial charge in [0.2, 0.25) is 11.8 Å². The van der Waals surface area contributed by atoms with Crippen LogP contribution in [0.3, 0.4) is 0 Å². The highest BCUT2D eigenvalue weighted by atomic mass is 28.3. The number of allylic oxidation sites excluding steroid dienone is 3. The topological polar surface area (TPSA) is 94.1 Å². The molecule has 2 heterocycles. The number of nitrogens with zero attached hydrogens (tertiary/aromatic N) is 2. The summed E-state index contributed by atoms with van der Waals surface area (Å²) in [5, 5.41) is 14.9. The van der Waals surface area contributed by atoms with Crippen LogP contribution in [0.25, 0.3) is 0 Å². The summed E-state index contributed by atoms with van der Waals surface area (Å²) in [6.45, 7) is 12.1. The van der Waals surface area contributed by atoms with E-state index in [0.717, 1.165) is 17.2 Å².